The molecule has 35 heavy (non-hydrogen) atoms. The van der Waals surface area contributed by atoms with Gasteiger partial charge in [-0.25, -0.2) is 0 Å². The molecule has 0 saturated heterocycles. The molecular weight excluding hydrogens is 466 g/mol. The number of amides is 3. The molecule has 1 fully saturated rings. The second kappa shape index (κ2) is 12.1. The molecular formula is C27H32ClN3O4. The van der Waals surface area contributed by atoms with Crippen molar-refractivity contribution in [2.24, 2.45) is 5.92 Å². The Bertz CT molecular complexity index is 1040. The number of carbonyl (C=O) groups excluding carboxylic acids is 3. The van der Waals surface area contributed by atoms with Gasteiger partial charge < -0.3 is 20.3 Å². The third-order valence-electron chi connectivity index (χ3n) is 6.30. The number of nitrogens with one attached hydrogen (secondary N) is 2. The zero-order chi connectivity index (χ0) is 24.6. The van der Waals surface area contributed by atoms with E-state index in [9.17, 15) is 14.4 Å². The zero-order valence-corrected chi connectivity index (χ0v) is 20.6. The third-order valence-corrected chi connectivity index (χ3v) is 6.54. The monoisotopic (exact) mass is 497 g/mol. The molecule has 0 spiro atoms. The Labute approximate surface area is 211 Å². The standard InChI is InChI=1S/C27H32ClN3O4/c28-21-10-11-24-23(16-21)27(34)29-12-4-5-13-31(26(33)15-20-8-9-20)17-25(32)30-22(18-35-24)14-19-6-2-1-3-7-19/h1-3,6-7,10-11,16,20,22H,4-5,8-9,12-15,17-18H2,(H,29,34)(H,30,32)/t22-/m0/s1. The number of carbonyl (C=O) groups is 3. The van der Waals surface area contributed by atoms with Crippen LogP contribution in [0.1, 0.15) is 48.0 Å². The summed E-state index contributed by atoms with van der Waals surface area (Å²) in [6, 6.07) is 14.4. The van der Waals surface area contributed by atoms with E-state index in [2.05, 4.69) is 10.6 Å². The van der Waals surface area contributed by atoms with E-state index >= 15 is 0 Å². The van der Waals surface area contributed by atoms with Crippen LogP contribution < -0.4 is 15.4 Å². The molecule has 0 aromatic heterocycles. The molecule has 2 aromatic rings. The van der Waals surface area contributed by atoms with Gasteiger partial charge in [0.2, 0.25) is 11.8 Å². The summed E-state index contributed by atoms with van der Waals surface area (Å²) >= 11 is 6.15. The van der Waals surface area contributed by atoms with E-state index in [-0.39, 0.29) is 36.9 Å². The Hall–Kier alpha value is -3.06. The first-order valence-corrected chi connectivity index (χ1v) is 12.7. The molecule has 7 nitrogen and oxygen atoms in total. The molecule has 2 N–H and O–H groups in total. The SMILES string of the molecule is O=C1CN(C(=O)CC2CC2)CCCCNC(=O)c2cc(Cl)ccc2OC[C@H](Cc2ccccc2)N1. The maximum atomic E-state index is 13.0. The quantitative estimate of drug-likeness (QED) is 0.675. The van der Waals surface area contributed by atoms with Crippen LogP contribution in [0.3, 0.4) is 0 Å². The number of hydrogen-bond acceptors (Lipinski definition) is 4. The summed E-state index contributed by atoms with van der Waals surface area (Å²) in [5.74, 6) is 0.414. The highest BCUT2D eigenvalue weighted by Gasteiger charge is 2.28. The number of nitrogens with zero attached hydrogens (tertiary/aromatic N) is 1. The first-order valence-electron chi connectivity index (χ1n) is 12.3. The highest BCUT2D eigenvalue weighted by atomic mass is 35.5. The average molecular weight is 498 g/mol. The van der Waals surface area contributed by atoms with Crippen LogP contribution in [0.25, 0.3) is 0 Å². The van der Waals surface area contributed by atoms with Gasteiger partial charge in [0, 0.05) is 24.5 Å². The molecule has 1 aliphatic carbocycles. The van der Waals surface area contributed by atoms with Gasteiger partial charge in [0.05, 0.1) is 18.2 Å². The number of fused-ring (bicyclic) bond motifs is 1. The molecule has 2 aliphatic rings. The summed E-state index contributed by atoms with van der Waals surface area (Å²) < 4.78 is 6.04. The van der Waals surface area contributed by atoms with Crippen LogP contribution >= 0.6 is 11.6 Å². The minimum atomic E-state index is -0.345. The molecule has 186 valence electrons. The van der Waals surface area contributed by atoms with Crippen LogP contribution in [-0.2, 0) is 16.0 Å². The van der Waals surface area contributed by atoms with E-state index in [1.165, 1.54) is 0 Å². The van der Waals surface area contributed by atoms with Gasteiger partial charge in [-0.05, 0) is 61.8 Å². The molecule has 0 bridgehead atoms. The lowest BCUT2D eigenvalue weighted by Gasteiger charge is -2.25. The summed E-state index contributed by atoms with van der Waals surface area (Å²) in [7, 11) is 0. The van der Waals surface area contributed by atoms with Crippen molar-refractivity contribution in [2.75, 3.05) is 26.2 Å². The molecule has 3 amide bonds. The summed E-state index contributed by atoms with van der Waals surface area (Å²) in [5.41, 5.74) is 1.41. The van der Waals surface area contributed by atoms with Gasteiger partial charge in [-0.2, -0.15) is 0 Å². The molecule has 0 unspecified atom stereocenters. The normalized spacial score (nSPS) is 19.9. The van der Waals surface area contributed by atoms with Crippen molar-refractivity contribution in [3.63, 3.8) is 0 Å². The fourth-order valence-corrected chi connectivity index (χ4v) is 4.38. The minimum absolute atomic E-state index is 0.0221. The smallest absolute Gasteiger partial charge is 0.255 e. The van der Waals surface area contributed by atoms with Gasteiger partial charge in [0.1, 0.15) is 12.4 Å². The van der Waals surface area contributed by atoms with E-state index in [0.29, 0.717) is 61.0 Å². The van der Waals surface area contributed by atoms with Gasteiger partial charge in [0.25, 0.3) is 5.91 Å². The van der Waals surface area contributed by atoms with Crippen molar-refractivity contribution in [1.29, 1.82) is 0 Å². The van der Waals surface area contributed by atoms with Gasteiger partial charge in [-0.1, -0.05) is 41.9 Å². The summed E-state index contributed by atoms with van der Waals surface area (Å²) in [5, 5.41) is 6.42. The van der Waals surface area contributed by atoms with E-state index in [0.717, 1.165) is 18.4 Å². The van der Waals surface area contributed by atoms with E-state index in [4.69, 9.17) is 16.3 Å². The predicted molar refractivity (Wildman–Crippen MR) is 135 cm³/mol. The van der Waals surface area contributed by atoms with Crippen molar-refractivity contribution in [2.45, 2.75) is 44.6 Å². The fraction of sp³-hybridized carbons (Fsp3) is 0.444. The summed E-state index contributed by atoms with van der Waals surface area (Å²) in [4.78, 5) is 40.4. The molecule has 1 atom stereocenters. The number of hydrogen-bond donors (Lipinski definition) is 2. The van der Waals surface area contributed by atoms with Crippen LogP contribution in [-0.4, -0.2) is 54.9 Å². The second-order valence-corrected chi connectivity index (χ2v) is 9.77. The number of benzene rings is 2. The van der Waals surface area contributed by atoms with Gasteiger partial charge in [-0.15, -0.1) is 0 Å². The van der Waals surface area contributed by atoms with Crippen LogP contribution in [0, 0.1) is 5.92 Å². The number of rotatable bonds is 4. The molecule has 0 radical (unpaired) electrons. The summed E-state index contributed by atoms with van der Waals surface area (Å²) in [6.45, 7) is 1.13. The van der Waals surface area contributed by atoms with Gasteiger partial charge >= 0.3 is 0 Å². The van der Waals surface area contributed by atoms with Crippen LogP contribution in [0.15, 0.2) is 48.5 Å². The Balaban J connectivity index is 1.54. The lowest BCUT2D eigenvalue weighted by molar-refractivity contribution is -0.136. The van der Waals surface area contributed by atoms with Gasteiger partial charge in [0.15, 0.2) is 0 Å². The van der Waals surface area contributed by atoms with E-state index < -0.39 is 0 Å². The van der Waals surface area contributed by atoms with Crippen molar-refractivity contribution in [3.8, 4) is 5.75 Å². The molecule has 1 saturated carbocycles. The van der Waals surface area contributed by atoms with Crippen molar-refractivity contribution in [1.82, 2.24) is 15.5 Å². The maximum Gasteiger partial charge on any atom is 0.255 e. The first-order chi connectivity index (χ1) is 17.0. The zero-order valence-electron chi connectivity index (χ0n) is 19.8. The molecule has 4 rings (SSSR count). The predicted octanol–water partition coefficient (Wildman–Crippen LogP) is 3.60. The van der Waals surface area contributed by atoms with Crippen LogP contribution in [0.4, 0.5) is 0 Å². The number of halogens is 1. The Morgan fingerprint density at radius 1 is 1.09 bits per heavy atom. The average Bonchev–Trinajstić information content (AvgIpc) is 3.66. The summed E-state index contributed by atoms with van der Waals surface area (Å²) in [6.07, 6.45) is 4.59. The maximum absolute atomic E-state index is 13.0. The minimum Gasteiger partial charge on any atom is -0.491 e. The fourth-order valence-electron chi connectivity index (χ4n) is 4.21. The Kier molecular flexibility index (Phi) is 8.64. The highest BCUT2D eigenvalue weighted by Crippen LogP contribution is 2.33. The van der Waals surface area contributed by atoms with Crippen molar-refractivity contribution >= 4 is 29.3 Å². The second-order valence-electron chi connectivity index (χ2n) is 9.33. The topological polar surface area (TPSA) is 87.7 Å². The Morgan fingerprint density at radius 3 is 2.66 bits per heavy atom. The molecule has 1 aliphatic heterocycles. The molecule has 1 heterocycles. The highest BCUT2D eigenvalue weighted by molar-refractivity contribution is 6.31. The number of ether oxygens (including phenoxy) is 1. The van der Waals surface area contributed by atoms with Gasteiger partial charge in [-0.3, -0.25) is 14.4 Å². The first kappa shape index (κ1) is 25.0. The largest absolute Gasteiger partial charge is 0.491 e. The lowest BCUT2D eigenvalue weighted by atomic mass is 10.1. The molecule has 2 aromatic carbocycles. The van der Waals surface area contributed by atoms with E-state index in [1.807, 2.05) is 30.3 Å². The van der Waals surface area contributed by atoms with Crippen molar-refractivity contribution in [3.05, 3.63) is 64.7 Å². The third kappa shape index (κ3) is 7.72. The lowest BCUT2D eigenvalue weighted by Crippen LogP contribution is -2.47. The molecule has 8 heteroatoms. The van der Waals surface area contributed by atoms with Crippen LogP contribution in [0.5, 0.6) is 5.75 Å². The van der Waals surface area contributed by atoms with Crippen LogP contribution in [0.2, 0.25) is 5.02 Å². The van der Waals surface area contributed by atoms with Crippen molar-refractivity contribution < 1.29 is 19.1 Å². The van der Waals surface area contributed by atoms with E-state index in [1.54, 1.807) is 23.1 Å². The Morgan fingerprint density at radius 2 is 1.89 bits per heavy atom.